The maximum Gasteiger partial charge on any atom is 0.254 e. The van der Waals surface area contributed by atoms with Gasteiger partial charge >= 0.3 is 0 Å². The number of aryl methyl sites for hydroxylation is 2. The van der Waals surface area contributed by atoms with Gasteiger partial charge in [-0.15, -0.1) is 0 Å². The monoisotopic (exact) mass is 377 g/mol. The van der Waals surface area contributed by atoms with Crippen LogP contribution < -0.4 is 15.6 Å². The van der Waals surface area contributed by atoms with Gasteiger partial charge in [0, 0.05) is 17.3 Å². The van der Waals surface area contributed by atoms with E-state index in [9.17, 15) is 9.59 Å². The smallest absolute Gasteiger partial charge is 0.254 e. The third-order valence-corrected chi connectivity index (χ3v) is 4.40. The first-order valence-electron chi connectivity index (χ1n) is 9.13. The van der Waals surface area contributed by atoms with E-state index in [2.05, 4.69) is 10.3 Å². The molecule has 2 aromatic carbocycles. The first-order chi connectivity index (χ1) is 13.5. The summed E-state index contributed by atoms with van der Waals surface area (Å²) in [5, 5.41) is 2.88. The van der Waals surface area contributed by atoms with E-state index >= 15 is 0 Å². The summed E-state index contributed by atoms with van der Waals surface area (Å²) in [5.41, 5.74) is 3.82. The summed E-state index contributed by atoms with van der Waals surface area (Å²) in [6.45, 7) is 6.29. The average Bonchev–Trinajstić information content (AvgIpc) is 2.67. The molecule has 0 aliphatic carbocycles. The van der Waals surface area contributed by atoms with Gasteiger partial charge in [-0.05, 0) is 56.2 Å². The van der Waals surface area contributed by atoms with Crippen LogP contribution in [-0.4, -0.2) is 22.1 Å². The van der Waals surface area contributed by atoms with Crippen molar-refractivity contribution in [3.8, 4) is 17.0 Å². The minimum Gasteiger partial charge on any atom is -0.494 e. The molecule has 1 aromatic heterocycles. The largest absolute Gasteiger partial charge is 0.494 e. The third kappa shape index (κ3) is 4.46. The van der Waals surface area contributed by atoms with Crippen molar-refractivity contribution in [3.63, 3.8) is 0 Å². The molecule has 0 saturated heterocycles. The number of carbonyl (C=O) groups is 1. The molecule has 6 heteroatoms. The molecule has 1 heterocycles. The van der Waals surface area contributed by atoms with Crippen molar-refractivity contribution in [3.05, 3.63) is 76.3 Å². The van der Waals surface area contributed by atoms with E-state index in [1.807, 2.05) is 63.2 Å². The highest BCUT2D eigenvalue weighted by Crippen LogP contribution is 2.20. The second kappa shape index (κ2) is 8.52. The van der Waals surface area contributed by atoms with Gasteiger partial charge in [0.25, 0.3) is 5.56 Å². The van der Waals surface area contributed by atoms with Gasteiger partial charge in [0.1, 0.15) is 12.3 Å². The van der Waals surface area contributed by atoms with E-state index in [0.717, 1.165) is 28.1 Å². The number of hydrogen-bond acceptors (Lipinski definition) is 4. The predicted octanol–water partition coefficient (Wildman–Crippen LogP) is 3.56. The molecular weight excluding hydrogens is 354 g/mol. The van der Waals surface area contributed by atoms with Gasteiger partial charge in [-0.1, -0.05) is 18.2 Å². The summed E-state index contributed by atoms with van der Waals surface area (Å²) in [7, 11) is 0. The molecule has 1 N–H and O–H groups in total. The number of aromatic nitrogens is 2. The van der Waals surface area contributed by atoms with E-state index in [1.54, 1.807) is 0 Å². The zero-order chi connectivity index (χ0) is 20.1. The second-order valence-electron chi connectivity index (χ2n) is 6.51. The Morgan fingerprint density at radius 3 is 2.39 bits per heavy atom. The average molecular weight is 377 g/mol. The molecule has 0 radical (unpaired) electrons. The molecule has 0 aliphatic rings. The van der Waals surface area contributed by atoms with Crippen LogP contribution in [0.15, 0.2) is 59.7 Å². The summed E-state index contributed by atoms with van der Waals surface area (Å²) in [5.74, 6) is 0.498. The number of nitrogens with one attached hydrogen (secondary N) is 1. The molecular formula is C22H23N3O3. The van der Waals surface area contributed by atoms with Crippen molar-refractivity contribution in [1.29, 1.82) is 0 Å². The number of anilines is 1. The van der Waals surface area contributed by atoms with E-state index < -0.39 is 0 Å². The lowest BCUT2D eigenvalue weighted by Gasteiger charge is -2.12. The van der Waals surface area contributed by atoms with Gasteiger partial charge in [0.05, 0.1) is 18.6 Å². The zero-order valence-corrected chi connectivity index (χ0v) is 16.2. The first kappa shape index (κ1) is 19.4. The van der Waals surface area contributed by atoms with Gasteiger partial charge in [-0.2, -0.15) is 0 Å². The van der Waals surface area contributed by atoms with E-state index in [1.165, 1.54) is 17.0 Å². The molecule has 28 heavy (non-hydrogen) atoms. The second-order valence-corrected chi connectivity index (χ2v) is 6.51. The molecule has 0 bridgehead atoms. The summed E-state index contributed by atoms with van der Waals surface area (Å²) < 4.78 is 6.71. The van der Waals surface area contributed by atoms with Crippen molar-refractivity contribution in [2.45, 2.75) is 27.3 Å². The number of nitrogens with zero attached hydrogens (tertiary/aromatic N) is 2. The predicted molar refractivity (Wildman–Crippen MR) is 110 cm³/mol. The summed E-state index contributed by atoms with van der Waals surface area (Å²) in [6.07, 6.45) is 1.40. The van der Waals surface area contributed by atoms with Gasteiger partial charge in [0.15, 0.2) is 0 Å². The minimum atomic E-state index is -0.282. The van der Waals surface area contributed by atoms with Crippen molar-refractivity contribution in [2.75, 3.05) is 11.9 Å². The number of benzene rings is 2. The number of ether oxygens (including phenoxy) is 1. The highest BCUT2D eigenvalue weighted by molar-refractivity contribution is 5.92. The molecule has 0 atom stereocenters. The van der Waals surface area contributed by atoms with Crippen molar-refractivity contribution < 1.29 is 9.53 Å². The fourth-order valence-corrected chi connectivity index (χ4v) is 2.94. The Morgan fingerprint density at radius 1 is 1.11 bits per heavy atom. The molecule has 0 saturated carbocycles. The maximum absolute atomic E-state index is 12.4. The molecule has 144 valence electrons. The lowest BCUT2D eigenvalue weighted by molar-refractivity contribution is -0.116. The van der Waals surface area contributed by atoms with Crippen LogP contribution in [0.3, 0.4) is 0 Å². The Labute approximate surface area is 163 Å². The molecule has 0 aliphatic heterocycles. The standard InChI is InChI=1S/C22H23N3O3/c1-4-28-18-10-8-17(9-11-18)19-12-21(27)25(14-23-19)13-20(26)24-22-15(2)6-5-7-16(22)3/h5-12,14H,4,13H2,1-3H3,(H,24,26). The Balaban J connectivity index is 1.73. The van der Waals surface area contributed by atoms with Gasteiger partial charge in [-0.25, -0.2) is 4.98 Å². The molecule has 3 rings (SSSR count). The van der Waals surface area contributed by atoms with E-state index in [0.29, 0.717) is 12.3 Å². The highest BCUT2D eigenvalue weighted by Gasteiger charge is 2.10. The fourth-order valence-electron chi connectivity index (χ4n) is 2.94. The molecule has 6 nitrogen and oxygen atoms in total. The normalized spacial score (nSPS) is 10.5. The molecule has 0 fully saturated rings. The van der Waals surface area contributed by atoms with Gasteiger partial charge < -0.3 is 10.1 Å². The zero-order valence-electron chi connectivity index (χ0n) is 16.2. The Kier molecular flexibility index (Phi) is 5.89. The summed E-state index contributed by atoms with van der Waals surface area (Å²) in [4.78, 5) is 29.1. The number of hydrogen-bond donors (Lipinski definition) is 1. The summed E-state index contributed by atoms with van der Waals surface area (Å²) >= 11 is 0. The van der Waals surface area contributed by atoms with Crippen LogP contribution in [0.25, 0.3) is 11.3 Å². The van der Waals surface area contributed by atoms with Gasteiger partial charge in [-0.3, -0.25) is 14.2 Å². The van der Waals surface area contributed by atoms with Crippen molar-refractivity contribution in [2.24, 2.45) is 0 Å². The third-order valence-electron chi connectivity index (χ3n) is 4.40. The van der Waals surface area contributed by atoms with Crippen LogP contribution in [0.2, 0.25) is 0 Å². The van der Waals surface area contributed by atoms with Crippen molar-refractivity contribution >= 4 is 11.6 Å². The number of amides is 1. The fraction of sp³-hybridized carbons (Fsp3) is 0.227. The maximum atomic E-state index is 12.4. The Bertz CT molecular complexity index is 1020. The van der Waals surface area contributed by atoms with Crippen LogP contribution in [0.1, 0.15) is 18.1 Å². The lowest BCUT2D eigenvalue weighted by Crippen LogP contribution is -2.27. The van der Waals surface area contributed by atoms with Crippen LogP contribution in [0, 0.1) is 13.8 Å². The van der Waals surface area contributed by atoms with Crippen LogP contribution >= 0.6 is 0 Å². The topological polar surface area (TPSA) is 73.2 Å². The Hall–Kier alpha value is -3.41. The van der Waals surface area contributed by atoms with Gasteiger partial charge in [0.2, 0.25) is 5.91 Å². The molecule has 3 aromatic rings. The van der Waals surface area contributed by atoms with Crippen LogP contribution in [0.5, 0.6) is 5.75 Å². The van der Waals surface area contributed by atoms with Crippen LogP contribution in [-0.2, 0) is 11.3 Å². The van der Waals surface area contributed by atoms with E-state index in [-0.39, 0.29) is 18.0 Å². The summed E-state index contributed by atoms with van der Waals surface area (Å²) in [6, 6.07) is 14.6. The lowest BCUT2D eigenvalue weighted by atomic mass is 10.1. The number of para-hydroxylation sites is 1. The number of rotatable bonds is 6. The Morgan fingerprint density at radius 2 is 1.79 bits per heavy atom. The quantitative estimate of drug-likeness (QED) is 0.713. The van der Waals surface area contributed by atoms with Crippen LogP contribution in [0.4, 0.5) is 5.69 Å². The van der Waals surface area contributed by atoms with E-state index in [4.69, 9.17) is 4.74 Å². The minimum absolute atomic E-state index is 0.0941. The highest BCUT2D eigenvalue weighted by atomic mass is 16.5. The first-order valence-corrected chi connectivity index (χ1v) is 9.13. The molecule has 0 spiro atoms. The number of carbonyl (C=O) groups excluding carboxylic acids is 1. The molecule has 0 unspecified atom stereocenters. The molecule has 1 amide bonds. The van der Waals surface area contributed by atoms with Crippen molar-refractivity contribution in [1.82, 2.24) is 9.55 Å². The SMILES string of the molecule is CCOc1ccc(-c2cc(=O)n(CC(=O)Nc3c(C)cccc3C)cn2)cc1.